The van der Waals surface area contributed by atoms with Crippen LogP contribution in [0.15, 0.2) is 24.4 Å². The van der Waals surface area contributed by atoms with E-state index in [1.807, 2.05) is 0 Å². The lowest BCUT2D eigenvalue weighted by Gasteiger charge is -2.48. The minimum absolute atomic E-state index is 0.230. The minimum Gasteiger partial charge on any atom is -0.370 e. The number of halogens is 2. The highest BCUT2D eigenvalue weighted by molar-refractivity contribution is 5.25. The van der Waals surface area contributed by atoms with Crippen molar-refractivity contribution in [3.63, 3.8) is 0 Å². The van der Waals surface area contributed by atoms with Gasteiger partial charge in [-0.2, -0.15) is 5.10 Å². The Kier molecular flexibility index (Phi) is 5.84. The van der Waals surface area contributed by atoms with E-state index in [1.165, 1.54) is 36.6 Å². The summed E-state index contributed by atoms with van der Waals surface area (Å²) in [6.07, 6.45) is 8.05. The van der Waals surface area contributed by atoms with Gasteiger partial charge in [-0.25, -0.2) is 8.78 Å². The monoisotopic (exact) mass is 444 g/mol. The van der Waals surface area contributed by atoms with Crippen LogP contribution in [0.3, 0.4) is 0 Å². The molecule has 2 saturated heterocycles. The molecule has 0 saturated carbocycles. The Morgan fingerprint density at radius 3 is 2.69 bits per heavy atom. The minimum atomic E-state index is -0.590. The summed E-state index contributed by atoms with van der Waals surface area (Å²) in [6, 6.07) is 3.79. The number of hydrogen-bond acceptors (Lipinski definition) is 4. The summed E-state index contributed by atoms with van der Waals surface area (Å²) >= 11 is 0. The second-order valence-corrected chi connectivity index (χ2v) is 10.3. The molecule has 2 N–H and O–H groups in total. The number of hydrogen-bond donors (Lipinski definition) is 1. The first kappa shape index (κ1) is 22.0. The van der Waals surface area contributed by atoms with Gasteiger partial charge in [-0.05, 0) is 94.6 Å². The van der Waals surface area contributed by atoms with Gasteiger partial charge in [-0.15, -0.1) is 0 Å². The van der Waals surface area contributed by atoms with Gasteiger partial charge in [0.25, 0.3) is 0 Å². The number of rotatable bonds is 3. The highest BCUT2D eigenvalue weighted by Gasteiger charge is 2.42. The van der Waals surface area contributed by atoms with Crippen LogP contribution in [0.1, 0.15) is 68.5 Å². The van der Waals surface area contributed by atoms with Gasteiger partial charge in [0.1, 0.15) is 17.7 Å². The summed E-state index contributed by atoms with van der Waals surface area (Å²) in [5.74, 6) is -0.919. The molecule has 32 heavy (non-hydrogen) atoms. The summed E-state index contributed by atoms with van der Waals surface area (Å²) in [7, 11) is 0. The van der Waals surface area contributed by atoms with Crippen molar-refractivity contribution in [1.29, 1.82) is 0 Å². The van der Waals surface area contributed by atoms with Crippen LogP contribution in [0, 0.1) is 17.0 Å². The van der Waals surface area contributed by atoms with E-state index in [2.05, 4.69) is 34.7 Å². The number of aromatic nitrogens is 2. The van der Waals surface area contributed by atoms with E-state index in [1.54, 1.807) is 0 Å². The van der Waals surface area contributed by atoms with Crippen molar-refractivity contribution in [2.75, 3.05) is 19.7 Å². The van der Waals surface area contributed by atoms with E-state index in [4.69, 9.17) is 10.5 Å². The van der Waals surface area contributed by atoms with Gasteiger partial charge in [0.2, 0.25) is 0 Å². The predicted molar refractivity (Wildman–Crippen MR) is 119 cm³/mol. The van der Waals surface area contributed by atoms with Gasteiger partial charge in [0.15, 0.2) is 0 Å². The highest BCUT2D eigenvalue weighted by atomic mass is 19.1. The molecule has 3 heterocycles. The molecule has 1 aliphatic carbocycles. The molecular formula is C25H34F2N4O. The molecule has 2 fully saturated rings. The van der Waals surface area contributed by atoms with Crippen molar-refractivity contribution in [2.45, 2.75) is 76.6 Å². The maximum Gasteiger partial charge on any atom is 0.129 e. The van der Waals surface area contributed by atoms with Crippen molar-refractivity contribution in [1.82, 2.24) is 14.7 Å². The molecular weight excluding hydrogens is 410 g/mol. The zero-order chi connectivity index (χ0) is 22.5. The molecule has 5 rings (SSSR count). The molecule has 0 radical (unpaired) electrons. The summed E-state index contributed by atoms with van der Waals surface area (Å²) in [5.41, 5.74) is 9.86. The topological polar surface area (TPSA) is 56.3 Å². The number of fused-ring (bicyclic) bond motifs is 1. The highest BCUT2D eigenvalue weighted by Crippen LogP contribution is 2.44. The molecule has 5 nitrogen and oxygen atoms in total. The fraction of sp³-hybridized carbons (Fsp3) is 0.640. The van der Waals surface area contributed by atoms with E-state index in [-0.39, 0.29) is 17.6 Å². The van der Waals surface area contributed by atoms with Gasteiger partial charge in [0, 0.05) is 29.4 Å². The fourth-order valence-corrected chi connectivity index (χ4v) is 6.11. The maximum absolute atomic E-state index is 14.2. The van der Waals surface area contributed by atoms with Crippen LogP contribution in [-0.4, -0.2) is 46.5 Å². The van der Waals surface area contributed by atoms with Crippen molar-refractivity contribution >= 4 is 0 Å². The second-order valence-electron chi connectivity index (χ2n) is 10.3. The summed E-state index contributed by atoms with van der Waals surface area (Å²) < 4.78 is 36.0. The molecule has 2 aromatic rings. The molecule has 7 heteroatoms. The summed E-state index contributed by atoms with van der Waals surface area (Å²) in [6.45, 7) is 6.97. The van der Waals surface area contributed by atoms with Gasteiger partial charge in [-0.3, -0.25) is 9.58 Å². The Hall–Kier alpha value is -1.83. The van der Waals surface area contributed by atoms with Crippen LogP contribution in [0.2, 0.25) is 0 Å². The van der Waals surface area contributed by atoms with Crippen LogP contribution in [0.4, 0.5) is 8.78 Å². The predicted octanol–water partition coefficient (Wildman–Crippen LogP) is 4.17. The average molecular weight is 445 g/mol. The van der Waals surface area contributed by atoms with Gasteiger partial charge in [0.05, 0.1) is 12.8 Å². The van der Waals surface area contributed by atoms with Gasteiger partial charge >= 0.3 is 0 Å². The van der Waals surface area contributed by atoms with Crippen LogP contribution >= 0.6 is 0 Å². The van der Waals surface area contributed by atoms with Crippen molar-refractivity contribution in [3.05, 3.63) is 52.9 Å². The molecule has 0 unspecified atom stereocenters. The molecule has 174 valence electrons. The quantitative estimate of drug-likeness (QED) is 0.772. The average Bonchev–Trinajstić information content (AvgIpc) is 3.19. The van der Waals surface area contributed by atoms with Gasteiger partial charge < -0.3 is 10.5 Å². The molecule has 2 aliphatic heterocycles. The van der Waals surface area contributed by atoms with E-state index >= 15 is 0 Å². The van der Waals surface area contributed by atoms with E-state index in [0.717, 1.165) is 44.5 Å². The van der Waals surface area contributed by atoms with Crippen molar-refractivity contribution < 1.29 is 13.5 Å². The Labute approximate surface area is 188 Å². The Morgan fingerprint density at radius 1 is 1.19 bits per heavy atom. The third kappa shape index (κ3) is 3.99. The molecule has 1 aromatic heterocycles. The normalized spacial score (nSPS) is 28.2. The molecule has 1 aromatic carbocycles. The summed E-state index contributed by atoms with van der Waals surface area (Å²) in [5, 5.41) is 4.64. The number of nitrogens with zero attached hydrogens (tertiary/aromatic N) is 3. The van der Waals surface area contributed by atoms with E-state index in [9.17, 15) is 8.78 Å². The van der Waals surface area contributed by atoms with Crippen LogP contribution in [-0.2, 0) is 17.6 Å². The van der Waals surface area contributed by atoms with Crippen LogP contribution in [0.25, 0.3) is 0 Å². The first-order chi connectivity index (χ1) is 15.3. The first-order valence-electron chi connectivity index (χ1n) is 12.0. The lowest BCUT2D eigenvalue weighted by Crippen LogP contribution is -2.53. The van der Waals surface area contributed by atoms with E-state index < -0.39 is 17.7 Å². The number of benzene rings is 1. The lowest BCUT2D eigenvalue weighted by atomic mass is 9.67. The first-order valence-corrected chi connectivity index (χ1v) is 12.0. The number of piperidine rings is 1. The second kappa shape index (κ2) is 8.50. The lowest BCUT2D eigenvalue weighted by molar-refractivity contribution is -0.0646. The molecule has 3 aliphatic rings. The maximum atomic E-state index is 14.2. The van der Waals surface area contributed by atoms with Crippen molar-refractivity contribution in [3.8, 4) is 0 Å². The third-order valence-corrected chi connectivity index (χ3v) is 7.97. The van der Waals surface area contributed by atoms with Crippen LogP contribution < -0.4 is 5.73 Å². The number of likely N-dealkylation sites (tertiary alicyclic amines) is 1. The Balaban J connectivity index is 1.20. The molecule has 3 atom stereocenters. The number of nitrogens with two attached hydrogens (primary N) is 1. The fourth-order valence-electron chi connectivity index (χ4n) is 6.11. The Morgan fingerprint density at radius 2 is 1.97 bits per heavy atom. The molecule has 0 amide bonds. The molecule has 1 spiro atoms. The summed E-state index contributed by atoms with van der Waals surface area (Å²) in [4.78, 5) is 2.50. The zero-order valence-electron chi connectivity index (χ0n) is 19.1. The van der Waals surface area contributed by atoms with E-state index in [0.29, 0.717) is 18.1 Å². The van der Waals surface area contributed by atoms with Gasteiger partial charge in [-0.1, -0.05) is 0 Å². The Bertz CT molecular complexity index is 967. The molecule has 0 bridgehead atoms. The smallest absolute Gasteiger partial charge is 0.129 e. The van der Waals surface area contributed by atoms with Crippen molar-refractivity contribution in [2.24, 2.45) is 11.1 Å². The number of ether oxygens (including phenoxy) is 1. The third-order valence-electron chi connectivity index (χ3n) is 7.97. The largest absolute Gasteiger partial charge is 0.370 e. The van der Waals surface area contributed by atoms with Crippen LogP contribution in [0.5, 0.6) is 0 Å². The standard InChI is InChI=1S/C25H34F2N4O/c1-16(2)31-23-5-6-25(13-17(23)14-29-31)7-9-30(10-8-25)19-12-22(28)24(32-15-19)20-11-18(26)3-4-21(20)27/h3-4,11,14,16,19,22,24H,5-10,12-13,15,28H2,1-2H3/t19-,22+,24-/m1/s1. The zero-order valence-corrected chi connectivity index (χ0v) is 19.1. The SMILES string of the molecule is CC(C)n1ncc2c1CCC1(CCN([C@H]3CO[C@H](c4cc(F)ccc4F)[C@@H](N)C3)CC1)C2.